The maximum atomic E-state index is 11.8. The molecule has 94 valence electrons. The van der Waals surface area contributed by atoms with Gasteiger partial charge in [-0.05, 0) is 40.9 Å². The largest absolute Gasteiger partial charge is 0.385 e. The first-order valence-corrected chi connectivity index (χ1v) is 6.33. The van der Waals surface area contributed by atoms with Gasteiger partial charge in [-0.1, -0.05) is 11.6 Å². The highest BCUT2D eigenvalue weighted by Crippen LogP contribution is 2.21. The molecule has 1 aromatic heterocycles. The van der Waals surface area contributed by atoms with Crippen LogP contribution in [0.3, 0.4) is 0 Å². The van der Waals surface area contributed by atoms with Crippen LogP contribution < -0.4 is 5.32 Å². The molecule has 1 rings (SSSR count). The van der Waals surface area contributed by atoms with Crippen LogP contribution in [0.5, 0.6) is 0 Å². The molecule has 1 heterocycles. The van der Waals surface area contributed by atoms with Crippen LogP contribution in [0.25, 0.3) is 0 Å². The molecule has 0 bridgehead atoms. The highest BCUT2D eigenvalue weighted by atomic mass is 79.9. The van der Waals surface area contributed by atoms with Gasteiger partial charge in [0, 0.05) is 20.3 Å². The molecule has 6 heteroatoms. The highest BCUT2D eigenvalue weighted by Gasteiger charge is 2.13. The Kier molecular flexibility index (Phi) is 5.88. The summed E-state index contributed by atoms with van der Waals surface area (Å²) in [4.78, 5) is 15.9. The summed E-state index contributed by atoms with van der Waals surface area (Å²) in [6.07, 6.45) is 0.757. The van der Waals surface area contributed by atoms with Gasteiger partial charge in [0.1, 0.15) is 10.3 Å². The smallest absolute Gasteiger partial charge is 0.271 e. The third kappa shape index (κ3) is 4.26. The van der Waals surface area contributed by atoms with E-state index in [1.54, 1.807) is 13.2 Å². The Labute approximate surface area is 114 Å². The van der Waals surface area contributed by atoms with Crippen molar-refractivity contribution < 1.29 is 9.53 Å². The average molecular weight is 322 g/mol. The Balaban J connectivity index is 2.66. The number of amides is 1. The first kappa shape index (κ1) is 14.4. The number of ether oxygens (including phenoxy) is 1. The van der Waals surface area contributed by atoms with E-state index in [0.717, 1.165) is 12.0 Å². The molecule has 0 atom stereocenters. The summed E-state index contributed by atoms with van der Waals surface area (Å²) in [5.74, 6) is -0.271. The second-order valence-electron chi connectivity index (χ2n) is 3.53. The van der Waals surface area contributed by atoms with Gasteiger partial charge in [-0.3, -0.25) is 4.79 Å². The quantitative estimate of drug-likeness (QED) is 0.670. The van der Waals surface area contributed by atoms with Crippen molar-refractivity contribution >= 4 is 33.4 Å². The van der Waals surface area contributed by atoms with Gasteiger partial charge in [-0.15, -0.1) is 0 Å². The minimum Gasteiger partial charge on any atom is -0.385 e. The van der Waals surface area contributed by atoms with Crippen molar-refractivity contribution in [2.75, 3.05) is 20.3 Å². The van der Waals surface area contributed by atoms with Crippen LogP contribution in [0.15, 0.2) is 10.7 Å². The summed E-state index contributed by atoms with van der Waals surface area (Å²) in [6.45, 7) is 3.01. The summed E-state index contributed by atoms with van der Waals surface area (Å²) in [5, 5.41) is 3.09. The van der Waals surface area contributed by atoms with Crippen LogP contribution in [0.1, 0.15) is 22.5 Å². The fourth-order valence-corrected chi connectivity index (χ4v) is 1.80. The van der Waals surface area contributed by atoms with E-state index in [1.807, 2.05) is 6.92 Å². The van der Waals surface area contributed by atoms with E-state index in [1.165, 1.54) is 0 Å². The van der Waals surface area contributed by atoms with Crippen molar-refractivity contribution in [2.24, 2.45) is 0 Å². The molecule has 0 saturated carbocycles. The Morgan fingerprint density at radius 1 is 1.65 bits per heavy atom. The molecule has 4 nitrogen and oxygen atoms in total. The zero-order chi connectivity index (χ0) is 12.8. The van der Waals surface area contributed by atoms with Gasteiger partial charge in [0.2, 0.25) is 0 Å². The van der Waals surface area contributed by atoms with Crippen molar-refractivity contribution in [2.45, 2.75) is 13.3 Å². The number of halogens is 2. The van der Waals surface area contributed by atoms with Crippen molar-refractivity contribution in [3.8, 4) is 0 Å². The van der Waals surface area contributed by atoms with Crippen LogP contribution in [0.4, 0.5) is 0 Å². The number of nitrogens with one attached hydrogen (secondary N) is 1. The van der Waals surface area contributed by atoms with Crippen molar-refractivity contribution in [3.05, 3.63) is 26.9 Å². The maximum Gasteiger partial charge on any atom is 0.271 e. The van der Waals surface area contributed by atoms with Crippen molar-refractivity contribution in [1.29, 1.82) is 0 Å². The monoisotopic (exact) mass is 320 g/mol. The Morgan fingerprint density at radius 2 is 2.35 bits per heavy atom. The number of aryl methyl sites for hydroxylation is 1. The van der Waals surface area contributed by atoms with E-state index >= 15 is 0 Å². The molecule has 0 radical (unpaired) electrons. The standard InChI is InChI=1S/C11H14BrClN2O2/c1-7-6-8(13)9(15-10(7)12)11(16)14-4-3-5-17-2/h6H,3-5H2,1-2H3,(H,14,16). The number of pyridine rings is 1. The maximum absolute atomic E-state index is 11.8. The van der Waals surface area contributed by atoms with Gasteiger partial charge >= 0.3 is 0 Å². The highest BCUT2D eigenvalue weighted by molar-refractivity contribution is 9.10. The fraction of sp³-hybridized carbons (Fsp3) is 0.455. The zero-order valence-electron chi connectivity index (χ0n) is 9.72. The first-order chi connectivity index (χ1) is 8.06. The van der Waals surface area contributed by atoms with E-state index < -0.39 is 0 Å². The average Bonchev–Trinajstić information content (AvgIpc) is 2.29. The molecule has 0 aliphatic heterocycles. The number of carbonyl (C=O) groups is 1. The molecule has 0 aliphatic carbocycles. The number of methoxy groups -OCH3 is 1. The van der Waals surface area contributed by atoms with E-state index in [2.05, 4.69) is 26.2 Å². The minimum atomic E-state index is -0.271. The second kappa shape index (κ2) is 6.93. The number of nitrogens with zero attached hydrogens (tertiary/aromatic N) is 1. The minimum absolute atomic E-state index is 0.238. The van der Waals surface area contributed by atoms with Crippen LogP contribution in [0, 0.1) is 6.92 Å². The van der Waals surface area contributed by atoms with Crippen molar-refractivity contribution in [1.82, 2.24) is 10.3 Å². The Morgan fingerprint density at radius 3 is 3.00 bits per heavy atom. The lowest BCUT2D eigenvalue weighted by Crippen LogP contribution is -2.26. The summed E-state index contributed by atoms with van der Waals surface area (Å²) >= 11 is 9.24. The molecule has 0 fully saturated rings. The van der Waals surface area contributed by atoms with Gasteiger partial charge in [0.15, 0.2) is 0 Å². The number of hydrogen-bond donors (Lipinski definition) is 1. The van der Waals surface area contributed by atoms with Crippen LogP contribution in [-0.2, 0) is 4.74 Å². The van der Waals surface area contributed by atoms with Crippen LogP contribution in [-0.4, -0.2) is 31.2 Å². The Bertz CT molecular complexity index is 413. The lowest BCUT2D eigenvalue weighted by atomic mass is 10.2. The topological polar surface area (TPSA) is 51.2 Å². The van der Waals surface area contributed by atoms with Gasteiger partial charge in [0.05, 0.1) is 5.02 Å². The third-order valence-electron chi connectivity index (χ3n) is 2.13. The molecule has 0 aliphatic rings. The summed E-state index contributed by atoms with van der Waals surface area (Å²) in [7, 11) is 1.62. The van der Waals surface area contributed by atoms with E-state index in [4.69, 9.17) is 16.3 Å². The van der Waals surface area contributed by atoms with Crippen molar-refractivity contribution in [3.63, 3.8) is 0 Å². The molecule has 17 heavy (non-hydrogen) atoms. The Hall–Kier alpha value is -0.650. The summed E-state index contributed by atoms with van der Waals surface area (Å²) in [6, 6.07) is 1.71. The zero-order valence-corrected chi connectivity index (χ0v) is 12.1. The molecule has 0 unspecified atom stereocenters. The van der Waals surface area contributed by atoms with Crippen LogP contribution in [0.2, 0.25) is 5.02 Å². The molecule has 1 amide bonds. The second-order valence-corrected chi connectivity index (χ2v) is 4.69. The van der Waals surface area contributed by atoms with Gasteiger partial charge in [-0.2, -0.15) is 0 Å². The third-order valence-corrected chi connectivity index (χ3v) is 3.22. The van der Waals surface area contributed by atoms with Gasteiger partial charge < -0.3 is 10.1 Å². The molecule has 1 N–H and O–H groups in total. The number of carbonyl (C=O) groups excluding carboxylic acids is 1. The van der Waals surface area contributed by atoms with E-state index in [-0.39, 0.29) is 11.6 Å². The van der Waals surface area contributed by atoms with Gasteiger partial charge in [-0.25, -0.2) is 4.98 Å². The molecule has 0 spiro atoms. The lowest BCUT2D eigenvalue weighted by Gasteiger charge is -2.07. The predicted octanol–water partition coefficient (Wildman–Crippen LogP) is 2.57. The molecule has 0 aromatic carbocycles. The van der Waals surface area contributed by atoms with E-state index in [9.17, 15) is 4.79 Å². The molecular formula is C11H14BrClN2O2. The molecular weight excluding hydrogens is 307 g/mol. The number of hydrogen-bond acceptors (Lipinski definition) is 3. The summed E-state index contributed by atoms with van der Waals surface area (Å²) in [5.41, 5.74) is 1.13. The number of aromatic nitrogens is 1. The summed E-state index contributed by atoms with van der Waals surface area (Å²) < 4.78 is 5.52. The lowest BCUT2D eigenvalue weighted by molar-refractivity contribution is 0.0943. The normalized spacial score (nSPS) is 10.4. The molecule has 0 saturated heterocycles. The first-order valence-electron chi connectivity index (χ1n) is 5.16. The SMILES string of the molecule is COCCCNC(=O)c1nc(Br)c(C)cc1Cl. The molecule has 1 aromatic rings. The van der Waals surface area contributed by atoms with Crippen LogP contribution >= 0.6 is 27.5 Å². The number of rotatable bonds is 5. The fourth-order valence-electron chi connectivity index (χ4n) is 1.22. The predicted molar refractivity (Wildman–Crippen MR) is 70.5 cm³/mol. The van der Waals surface area contributed by atoms with E-state index in [0.29, 0.717) is 22.8 Å². The van der Waals surface area contributed by atoms with Gasteiger partial charge in [0.25, 0.3) is 5.91 Å².